The van der Waals surface area contributed by atoms with Crippen molar-refractivity contribution in [2.45, 2.75) is 6.61 Å². The number of benzene rings is 3. The summed E-state index contributed by atoms with van der Waals surface area (Å²) in [6, 6.07) is 26.0. The topological polar surface area (TPSA) is 29.5 Å². The van der Waals surface area contributed by atoms with E-state index in [9.17, 15) is 5.11 Å². The van der Waals surface area contributed by atoms with E-state index in [1.165, 1.54) is 7.14 Å². The molecule has 3 aromatic rings. The normalized spacial score (nSPS) is 10.5. The van der Waals surface area contributed by atoms with Gasteiger partial charge in [0.1, 0.15) is 0 Å². The molecule has 0 aliphatic heterocycles. The van der Waals surface area contributed by atoms with Crippen molar-refractivity contribution in [2.24, 2.45) is 0 Å². The molecule has 2 nitrogen and oxygen atoms in total. The zero-order valence-electron chi connectivity index (χ0n) is 11.9. The predicted octanol–water partition coefficient (Wildman–Crippen LogP) is 1.10. The molecule has 0 radical (unpaired) electrons. The van der Waals surface area contributed by atoms with Crippen LogP contribution in [0.1, 0.15) is 5.56 Å². The molecule has 0 fully saturated rings. The van der Waals surface area contributed by atoms with Crippen LogP contribution in [-0.2, 0) is 6.61 Å². The molecule has 0 saturated heterocycles. The molecule has 0 saturated carbocycles. The van der Waals surface area contributed by atoms with Crippen molar-refractivity contribution < 1.29 is 31.0 Å². The standard InChI is InChI=1S/C19H16IO2/c21-18-10-6-15(7-11-18)14-22-19-12-8-17(9-13-19)20-16-4-2-1-3-5-16/h1-13,21H,14H2/q-1. The molecule has 22 heavy (non-hydrogen) atoms. The zero-order chi connectivity index (χ0) is 15.2. The molecule has 0 heterocycles. The Balaban J connectivity index is 1.58. The van der Waals surface area contributed by atoms with Gasteiger partial charge < -0.3 is 0 Å². The fourth-order valence-electron chi connectivity index (χ4n) is 1.96. The second-order valence-electron chi connectivity index (χ2n) is 4.80. The van der Waals surface area contributed by atoms with Gasteiger partial charge in [0, 0.05) is 0 Å². The molecule has 0 aliphatic carbocycles. The summed E-state index contributed by atoms with van der Waals surface area (Å²) < 4.78 is 8.56. The maximum absolute atomic E-state index is 9.26. The quantitative estimate of drug-likeness (QED) is 0.647. The fraction of sp³-hybridized carbons (Fsp3) is 0.0526. The van der Waals surface area contributed by atoms with Gasteiger partial charge in [-0.15, -0.1) is 0 Å². The second kappa shape index (κ2) is 7.31. The maximum atomic E-state index is 9.26. The molecule has 1 N–H and O–H groups in total. The van der Waals surface area contributed by atoms with E-state index in [0.717, 1.165) is 11.3 Å². The number of hydrogen-bond acceptors (Lipinski definition) is 2. The summed E-state index contributed by atoms with van der Waals surface area (Å²) in [7, 11) is 0. The van der Waals surface area contributed by atoms with Crippen LogP contribution in [0.15, 0.2) is 78.9 Å². The van der Waals surface area contributed by atoms with E-state index in [1.807, 2.05) is 30.3 Å². The van der Waals surface area contributed by atoms with Crippen molar-refractivity contribution in [1.29, 1.82) is 0 Å². The van der Waals surface area contributed by atoms with Gasteiger partial charge in [0.25, 0.3) is 0 Å². The molecule has 0 aliphatic rings. The van der Waals surface area contributed by atoms with Crippen molar-refractivity contribution in [3.8, 4) is 11.5 Å². The van der Waals surface area contributed by atoms with Crippen LogP contribution in [-0.4, -0.2) is 5.11 Å². The molecule has 0 aromatic heterocycles. The monoisotopic (exact) mass is 403 g/mol. The van der Waals surface area contributed by atoms with Gasteiger partial charge in [0.05, 0.1) is 0 Å². The van der Waals surface area contributed by atoms with Crippen molar-refractivity contribution in [3.63, 3.8) is 0 Å². The summed E-state index contributed by atoms with van der Waals surface area (Å²) in [4.78, 5) is 0. The number of hydrogen-bond donors (Lipinski definition) is 1. The minimum absolute atomic E-state index is 0.126. The molecule has 0 spiro atoms. The Hall–Kier alpha value is -2.01. The number of phenolic OH excluding ortho intramolecular Hbond substituents is 1. The average Bonchev–Trinajstić information content (AvgIpc) is 2.57. The van der Waals surface area contributed by atoms with Gasteiger partial charge in [-0.25, -0.2) is 0 Å². The van der Waals surface area contributed by atoms with E-state index >= 15 is 0 Å². The first-order chi connectivity index (χ1) is 10.8. The third-order valence-corrected chi connectivity index (χ3v) is 5.79. The number of aromatic hydroxyl groups is 1. The number of phenols is 1. The molecule has 0 bridgehead atoms. The molecule has 3 rings (SSSR count). The number of halogens is 1. The van der Waals surface area contributed by atoms with Crippen molar-refractivity contribution in [2.75, 3.05) is 0 Å². The van der Waals surface area contributed by atoms with Crippen LogP contribution in [0.5, 0.6) is 11.5 Å². The fourth-order valence-corrected chi connectivity index (χ4v) is 4.17. The third-order valence-electron chi connectivity index (χ3n) is 3.11. The minimum atomic E-state index is -0.126. The summed E-state index contributed by atoms with van der Waals surface area (Å²) in [6.07, 6.45) is 0. The first kappa shape index (κ1) is 14.9. The van der Waals surface area contributed by atoms with Crippen LogP contribution in [0.4, 0.5) is 0 Å². The molecule has 3 heteroatoms. The third kappa shape index (κ3) is 4.24. The van der Waals surface area contributed by atoms with Gasteiger partial charge in [0.15, 0.2) is 0 Å². The first-order valence-corrected chi connectivity index (χ1v) is 9.16. The Bertz CT molecular complexity index is 707. The van der Waals surface area contributed by atoms with Crippen molar-refractivity contribution in [1.82, 2.24) is 0 Å². The molecule has 0 amide bonds. The number of ether oxygens (including phenoxy) is 1. The Morgan fingerprint density at radius 2 is 1.36 bits per heavy atom. The predicted molar refractivity (Wildman–Crippen MR) is 82.7 cm³/mol. The van der Waals surface area contributed by atoms with E-state index in [2.05, 4.69) is 36.4 Å². The van der Waals surface area contributed by atoms with Gasteiger partial charge in [-0.2, -0.15) is 0 Å². The molecule has 0 unspecified atom stereocenters. The zero-order valence-corrected chi connectivity index (χ0v) is 14.1. The summed E-state index contributed by atoms with van der Waals surface area (Å²) in [5.41, 5.74) is 1.04. The van der Waals surface area contributed by atoms with E-state index in [0.29, 0.717) is 6.61 Å². The molecule has 3 aromatic carbocycles. The van der Waals surface area contributed by atoms with Gasteiger partial charge in [0.2, 0.25) is 0 Å². The molecular weight excluding hydrogens is 387 g/mol. The summed E-state index contributed by atoms with van der Waals surface area (Å²) >= 11 is -0.126. The van der Waals surface area contributed by atoms with E-state index in [1.54, 1.807) is 12.1 Å². The molecule has 112 valence electrons. The number of rotatable bonds is 5. The van der Waals surface area contributed by atoms with Crippen LogP contribution in [0, 0.1) is 7.14 Å². The van der Waals surface area contributed by atoms with E-state index < -0.39 is 0 Å². The van der Waals surface area contributed by atoms with Crippen LogP contribution < -0.4 is 25.9 Å². The Labute approximate surface area is 140 Å². The van der Waals surface area contributed by atoms with Gasteiger partial charge >= 0.3 is 141 Å². The Kier molecular flexibility index (Phi) is 4.96. The Morgan fingerprint density at radius 1 is 0.727 bits per heavy atom. The van der Waals surface area contributed by atoms with Crippen LogP contribution in [0.25, 0.3) is 0 Å². The van der Waals surface area contributed by atoms with E-state index in [-0.39, 0.29) is 27.0 Å². The second-order valence-corrected chi connectivity index (χ2v) is 7.83. The van der Waals surface area contributed by atoms with Crippen LogP contribution >= 0.6 is 0 Å². The van der Waals surface area contributed by atoms with Crippen molar-refractivity contribution in [3.05, 3.63) is 91.6 Å². The first-order valence-electron chi connectivity index (χ1n) is 7.00. The van der Waals surface area contributed by atoms with Crippen LogP contribution in [0.2, 0.25) is 0 Å². The summed E-state index contributed by atoms with van der Waals surface area (Å²) in [5, 5.41) is 9.26. The van der Waals surface area contributed by atoms with E-state index in [4.69, 9.17) is 4.74 Å². The van der Waals surface area contributed by atoms with Gasteiger partial charge in [-0.3, -0.25) is 0 Å². The summed E-state index contributed by atoms with van der Waals surface area (Å²) in [5.74, 6) is 1.15. The molecule has 0 atom stereocenters. The SMILES string of the molecule is Oc1ccc(COc2ccc([I-]c3ccccc3)cc2)cc1. The van der Waals surface area contributed by atoms with Gasteiger partial charge in [-0.05, 0) is 0 Å². The Morgan fingerprint density at radius 3 is 2.05 bits per heavy atom. The summed E-state index contributed by atoms with van der Waals surface area (Å²) in [6.45, 7) is 0.507. The molecular formula is C19H16IO2-. The van der Waals surface area contributed by atoms with Crippen LogP contribution in [0.3, 0.4) is 0 Å². The average molecular weight is 403 g/mol. The van der Waals surface area contributed by atoms with Gasteiger partial charge in [-0.1, -0.05) is 0 Å². The van der Waals surface area contributed by atoms with Crippen molar-refractivity contribution >= 4 is 0 Å².